The summed E-state index contributed by atoms with van der Waals surface area (Å²) in [4.78, 5) is 13.2. The Morgan fingerprint density at radius 1 is 0.568 bits per heavy atom. The minimum atomic E-state index is -0.314. The van der Waals surface area contributed by atoms with E-state index in [0.717, 1.165) is 22.5 Å². The molecule has 0 amide bonds. The van der Waals surface area contributed by atoms with Crippen LogP contribution in [-0.2, 0) is 4.79 Å². The smallest absolute Gasteiger partial charge is 0.178 e. The van der Waals surface area contributed by atoms with Gasteiger partial charge in [0, 0.05) is 22.3 Å². The van der Waals surface area contributed by atoms with Crippen LogP contribution in [0.25, 0.3) is 46.0 Å². The Kier molecular flexibility index (Phi) is 8.14. The topological polar surface area (TPSA) is 93.2 Å². The van der Waals surface area contributed by atoms with Crippen molar-refractivity contribution in [2.45, 2.75) is 0 Å². The van der Waals surface area contributed by atoms with E-state index in [2.05, 4.69) is 0 Å². The molecule has 44 heavy (non-hydrogen) atoms. The van der Waals surface area contributed by atoms with Crippen LogP contribution in [0.1, 0.15) is 11.1 Å². The summed E-state index contributed by atoms with van der Waals surface area (Å²) in [6.45, 7) is 0. The second-order valence-electron chi connectivity index (χ2n) is 9.76. The van der Waals surface area contributed by atoms with E-state index < -0.39 is 0 Å². The molecule has 7 nitrogen and oxygen atoms in total. The molecule has 0 spiro atoms. The molecule has 6 rings (SSSR count). The normalized spacial score (nSPS) is 11.5. The highest BCUT2D eigenvalue weighted by molar-refractivity contribution is 6.32. The third-order valence-electron chi connectivity index (χ3n) is 6.84. The lowest BCUT2D eigenvalue weighted by Crippen LogP contribution is -1.96. The van der Waals surface area contributed by atoms with Crippen molar-refractivity contribution in [2.24, 2.45) is 0 Å². The Morgan fingerprint density at radius 2 is 0.932 bits per heavy atom. The number of nitrogens with zero attached hydrogens (tertiary/aromatic N) is 4. The number of hydrogen-bond acceptors (Lipinski definition) is 5. The van der Waals surface area contributed by atoms with Gasteiger partial charge in [0.25, 0.3) is 0 Å². The SMILES string of the molecule is O=C(/C=C/c1c(-c2ccc(O)cc2)nn(-c2ccccc2)c1Cl)/C=C/c1c(-c2ccc(O)cc2)nn(-c2ccccc2)c1Cl. The number of benzene rings is 4. The number of rotatable bonds is 8. The van der Waals surface area contributed by atoms with Crippen molar-refractivity contribution in [3.05, 3.63) is 143 Å². The van der Waals surface area contributed by atoms with E-state index in [-0.39, 0.29) is 17.3 Å². The highest BCUT2D eigenvalue weighted by Gasteiger charge is 2.19. The first kappa shape index (κ1) is 28.7. The first-order valence-corrected chi connectivity index (χ1v) is 14.3. The lowest BCUT2D eigenvalue weighted by molar-refractivity contribution is -0.110. The first-order chi connectivity index (χ1) is 21.4. The molecule has 2 N–H and O–H groups in total. The molecule has 0 aliphatic carbocycles. The zero-order valence-electron chi connectivity index (χ0n) is 23.0. The number of aromatic hydroxyl groups is 2. The van der Waals surface area contributed by atoms with Gasteiger partial charge in [-0.05, 0) is 97.1 Å². The fraction of sp³-hybridized carbons (Fsp3) is 0. The van der Waals surface area contributed by atoms with Gasteiger partial charge in [-0.25, -0.2) is 9.36 Å². The molecule has 9 heteroatoms. The zero-order valence-corrected chi connectivity index (χ0v) is 24.6. The summed E-state index contributed by atoms with van der Waals surface area (Å²) in [5.41, 5.74) is 5.15. The molecule has 0 unspecified atom stereocenters. The molecule has 0 atom stereocenters. The average Bonchev–Trinajstić information content (AvgIpc) is 3.56. The predicted octanol–water partition coefficient (Wildman–Crippen LogP) is 8.41. The summed E-state index contributed by atoms with van der Waals surface area (Å²) in [7, 11) is 0. The van der Waals surface area contributed by atoms with Gasteiger partial charge in [-0.1, -0.05) is 59.6 Å². The number of carbonyl (C=O) groups is 1. The fourth-order valence-corrected chi connectivity index (χ4v) is 5.22. The Labute approximate surface area is 263 Å². The predicted molar refractivity (Wildman–Crippen MR) is 174 cm³/mol. The molecule has 6 aromatic rings. The summed E-state index contributed by atoms with van der Waals surface area (Å²) >= 11 is 13.6. The van der Waals surface area contributed by atoms with E-state index in [1.54, 1.807) is 70.0 Å². The van der Waals surface area contributed by atoms with E-state index in [9.17, 15) is 15.0 Å². The summed E-state index contributed by atoms with van der Waals surface area (Å²) in [6, 6.07) is 32.1. The molecular weight excluding hydrogens is 595 g/mol. The minimum Gasteiger partial charge on any atom is -0.508 e. The van der Waals surface area contributed by atoms with Gasteiger partial charge < -0.3 is 10.2 Å². The summed E-state index contributed by atoms with van der Waals surface area (Å²) in [5.74, 6) is -0.0632. The van der Waals surface area contributed by atoms with Crippen LogP contribution < -0.4 is 0 Å². The summed E-state index contributed by atoms with van der Waals surface area (Å²) in [5, 5.41) is 29.7. The Hall–Kier alpha value is -5.37. The van der Waals surface area contributed by atoms with Crippen molar-refractivity contribution in [3.8, 4) is 45.4 Å². The Morgan fingerprint density at radius 3 is 1.30 bits per heavy atom. The minimum absolute atomic E-state index is 0.126. The van der Waals surface area contributed by atoms with E-state index in [1.807, 2.05) is 60.7 Å². The van der Waals surface area contributed by atoms with Crippen molar-refractivity contribution >= 4 is 41.1 Å². The second kappa shape index (κ2) is 12.5. The molecule has 2 heterocycles. The zero-order chi connectivity index (χ0) is 30.6. The molecule has 0 aliphatic heterocycles. The highest BCUT2D eigenvalue weighted by Crippen LogP contribution is 2.34. The van der Waals surface area contributed by atoms with E-state index in [0.29, 0.717) is 32.8 Å². The summed E-state index contributed by atoms with van der Waals surface area (Å²) in [6.07, 6.45) is 6.07. The van der Waals surface area contributed by atoms with Gasteiger partial charge in [-0.2, -0.15) is 10.2 Å². The number of aromatic nitrogens is 4. The van der Waals surface area contributed by atoms with E-state index >= 15 is 0 Å². The molecule has 0 aliphatic rings. The first-order valence-electron chi connectivity index (χ1n) is 13.6. The molecule has 0 bridgehead atoms. The van der Waals surface area contributed by atoms with Gasteiger partial charge in [0.05, 0.1) is 11.4 Å². The lowest BCUT2D eigenvalue weighted by atomic mass is 10.1. The molecule has 0 fully saturated rings. The van der Waals surface area contributed by atoms with Crippen LogP contribution in [0, 0.1) is 0 Å². The standard InChI is InChI=1S/C35H24Cl2N4O3/c36-34-30(32(23-11-15-27(42)16-12-23)38-40(34)25-7-3-1-4-8-25)21-19-29(44)20-22-31-33(24-13-17-28(43)18-14-24)39-41(35(31)37)26-9-5-2-6-10-26/h1-22,42-43H/b21-19+,22-20+. The van der Waals surface area contributed by atoms with Gasteiger partial charge in [-0.15, -0.1) is 0 Å². The van der Waals surface area contributed by atoms with Gasteiger partial charge >= 0.3 is 0 Å². The number of carbonyl (C=O) groups excluding carboxylic acids is 1. The summed E-state index contributed by atoms with van der Waals surface area (Å²) < 4.78 is 3.21. The lowest BCUT2D eigenvalue weighted by Gasteiger charge is -2.02. The molecular formula is C35H24Cl2N4O3. The number of allylic oxidation sites excluding steroid dienone is 2. The van der Waals surface area contributed by atoms with Crippen LogP contribution in [0.5, 0.6) is 11.5 Å². The van der Waals surface area contributed by atoms with Crippen molar-refractivity contribution in [1.29, 1.82) is 0 Å². The maximum atomic E-state index is 13.2. The number of para-hydroxylation sites is 2. The van der Waals surface area contributed by atoms with Crippen molar-refractivity contribution in [1.82, 2.24) is 19.6 Å². The number of phenols is 2. The number of phenolic OH excluding ortho intramolecular Hbond substituents is 2. The average molecular weight is 620 g/mol. The number of halogens is 2. The second-order valence-corrected chi connectivity index (χ2v) is 10.5. The molecule has 0 saturated heterocycles. The molecule has 4 aromatic carbocycles. The largest absolute Gasteiger partial charge is 0.508 e. The van der Waals surface area contributed by atoms with Crippen LogP contribution in [-0.4, -0.2) is 35.6 Å². The van der Waals surface area contributed by atoms with E-state index in [4.69, 9.17) is 33.4 Å². The van der Waals surface area contributed by atoms with Crippen LogP contribution in [0.4, 0.5) is 0 Å². The number of ketones is 1. The highest BCUT2D eigenvalue weighted by atomic mass is 35.5. The van der Waals surface area contributed by atoms with Gasteiger partial charge in [0.1, 0.15) is 33.2 Å². The Bertz CT molecular complexity index is 1850. The van der Waals surface area contributed by atoms with Crippen LogP contribution >= 0.6 is 23.2 Å². The van der Waals surface area contributed by atoms with Gasteiger partial charge in [0.2, 0.25) is 0 Å². The molecule has 216 valence electrons. The molecule has 0 saturated carbocycles. The fourth-order valence-electron chi connectivity index (χ4n) is 4.65. The van der Waals surface area contributed by atoms with Crippen molar-refractivity contribution in [3.63, 3.8) is 0 Å². The van der Waals surface area contributed by atoms with Gasteiger partial charge in [-0.3, -0.25) is 4.79 Å². The monoisotopic (exact) mass is 618 g/mol. The van der Waals surface area contributed by atoms with Crippen LogP contribution in [0.2, 0.25) is 10.3 Å². The van der Waals surface area contributed by atoms with Crippen LogP contribution in [0.3, 0.4) is 0 Å². The van der Waals surface area contributed by atoms with E-state index in [1.165, 1.54) is 12.2 Å². The maximum absolute atomic E-state index is 13.2. The van der Waals surface area contributed by atoms with Crippen molar-refractivity contribution < 1.29 is 15.0 Å². The molecule has 0 radical (unpaired) electrons. The quantitative estimate of drug-likeness (QED) is 0.167. The molecule has 2 aromatic heterocycles. The van der Waals surface area contributed by atoms with Crippen LogP contribution in [0.15, 0.2) is 121 Å². The van der Waals surface area contributed by atoms with Gasteiger partial charge in [0.15, 0.2) is 5.78 Å². The maximum Gasteiger partial charge on any atom is 0.178 e. The van der Waals surface area contributed by atoms with Crippen molar-refractivity contribution in [2.75, 3.05) is 0 Å². The Balaban J connectivity index is 1.36. The number of hydrogen-bond donors (Lipinski definition) is 2. The third-order valence-corrected chi connectivity index (χ3v) is 7.57. The third kappa shape index (κ3) is 5.92.